The summed E-state index contributed by atoms with van der Waals surface area (Å²) in [4.78, 5) is 2.17. The van der Waals surface area contributed by atoms with Crippen molar-refractivity contribution < 1.29 is 13.9 Å². The molecule has 2 unspecified atom stereocenters. The first-order chi connectivity index (χ1) is 9.19. The van der Waals surface area contributed by atoms with E-state index in [1.807, 2.05) is 13.1 Å². The molecule has 2 N–H and O–H groups in total. The molecule has 104 valence electrons. The summed E-state index contributed by atoms with van der Waals surface area (Å²) in [6, 6.07) is 3.45. The van der Waals surface area contributed by atoms with E-state index in [1.165, 1.54) is 6.07 Å². The normalized spacial score (nSPS) is 27.1. The van der Waals surface area contributed by atoms with Gasteiger partial charge in [0, 0.05) is 23.7 Å². The van der Waals surface area contributed by atoms with E-state index in [9.17, 15) is 4.39 Å². The molecule has 5 heteroatoms. The Labute approximate surface area is 112 Å². The number of nitrogens with zero attached hydrogens (tertiary/aromatic N) is 1. The zero-order valence-corrected chi connectivity index (χ0v) is 11.1. The van der Waals surface area contributed by atoms with E-state index in [0.717, 1.165) is 24.3 Å². The van der Waals surface area contributed by atoms with Crippen LogP contribution in [0.15, 0.2) is 12.1 Å². The number of rotatable bonds is 2. The van der Waals surface area contributed by atoms with Gasteiger partial charge >= 0.3 is 0 Å². The first-order valence-corrected chi connectivity index (χ1v) is 6.62. The second-order valence-corrected chi connectivity index (χ2v) is 5.38. The topological polar surface area (TPSA) is 47.7 Å². The van der Waals surface area contributed by atoms with Crippen LogP contribution in [0.1, 0.15) is 23.6 Å². The molecule has 2 aliphatic heterocycles. The minimum atomic E-state index is -0.178. The summed E-state index contributed by atoms with van der Waals surface area (Å²) in [5.41, 5.74) is 7.21. The quantitative estimate of drug-likeness (QED) is 0.884. The molecule has 2 aliphatic rings. The fraction of sp³-hybridized carbons (Fsp3) is 0.571. The maximum absolute atomic E-state index is 14.3. The van der Waals surface area contributed by atoms with E-state index in [-0.39, 0.29) is 18.7 Å². The number of ether oxygens (including phenoxy) is 2. The van der Waals surface area contributed by atoms with Gasteiger partial charge in [0.15, 0.2) is 6.79 Å². The third-order valence-corrected chi connectivity index (χ3v) is 4.06. The van der Waals surface area contributed by atoms with Crippen LogP contribution >= 0.6 is 0 Å². The maximum Gasteiger partial charge on any atom is 0.189 e. The summed E-state index contributed by atoms with van der Waals surface area (Å²) >= 11 is 0. The summed E-state index contributed by atoms with van der Waals surface area (Å²) in [5.74, 6) is 1.00. The maximum atomic E-state index is 14.3. The predicted octanol–water partition coefficient (Wildman–Crippen LogP) is 1.64. The van der Waals surface area contributed by atoms with Crippen molar-refractivity contribution in [1.29, 1.82) is 0 Å². The highest BCUT2D eigenvalue weighted by Gasteiger charge is 2.32. The molecule has 1 aromatic rings. The van der Waals surface area contributed by atoms with Gasteiger partial charge < -0.3 is 15.2 Å². The second-order valence-electron chi connectivity index (χ2n) is 5.38. The van der Waals surface area contributed by atoms with Crippen LogP contribution in [-0.2, 0) is 11.3 Å². The molecule has 0 spiro atoms. The second kappa shape index (κ2) is 5.07. The summed E-state index contributed by atoms with van der Waals surface area (Å²) in [6.45, 7) is 2.22. The third kappa shape index (κ3) is 2.33. The fourth-order valence-electron chi connectivity index (χ4n) is 3.01. The number of nitrogens with two attached hydrogens (primary N) is 1. The van der Waals surface area contributed by atoms with Gasteiger partial charge in [-0.15, -0.1) is 0 Å². The number of halogens is 1. The molecule has 0 bridgehead atoms. The van der Waals surface area contributed by atoms with E-state index in [4.69, 9.17) is 15.2 Å². The van der Waals surface area contributed by atoms with Crippen molar-refractivity contribution in [3.8, 4) is 5.75 Å². The number of fused-ring (bicyclic) bond motifs is 1. The highest BCUT2D eigenvalue weighted by molar-refractivity contribution is 5.40. The fourth-order valence-corrected chi connectivity index (χ4v) is 3.01. The van der Waals surface area contributed by atoms with Crippen molar-refractivity contribution in [3.05, 3.63) is 29.1 Å². The van der Waals surface area contributed by atoms with Gasteiger partial charge in [0.1, 0.15) is 11.6 Å². The van der Waals surface area contributed by atoms with Gasteiger partial charge in [-0.25, -0.2) is 4.39 Å². The Morgan fingerprint density at radius 2 is 2.32 bits per heavy atom. The Kier molecular flexibility index (Phi) is 3.43. The lowest BCUT2D eigenvalue weighted by molar-refractivity contribution is -0.0167. The van der Waals surface area contributed by atoms with Crippen LogP contribution in [0.5, 0.6) is 5.75 Å². The average molecular weight is 266 g/mol. The van der Waals surface area contributed by atoms with E-state index in [2.05, 4.69) is 4.90 Å². The lowest BCUT2D eigenvalue weighted by Crippen LogP contribution is -2.21. The Balaban J connectivity index is 1.92. The standard InChI is InChI=1S/C14H19FN2O2/c1-17-6-9(5-16)2-13(17)11-4-14-10(3-12(11)15)7-18-8-19-14/h3-4,9,13H,2,5-8,16H2,1H3. The van der Waals surface area contributed by atoms with Crippen LogP contribution in [0.3, 0.4) is 0 Å². The summed E-state index contributed by atoms with van der Waals surface area (Å²) < 4.78 is 24.9. The van der Waals surface area contributed by atoms with Gasteiger partial charge in [0.25, 0.3) is 0 Å². The van der Waals surface area contributed by atoms with Crippen LogP contribution in [0.4, 0.5) is 4.39 Å². The minimum Gasteiger partial charge on any atom is -0.467 e. The van der Waals surface area contributed by atoms with Crippen molar-refractivity contribution >= 4 is 0 Å². The molecule has 0 aliphatic carbocycles. The highest BCUT2D eigenvalue weighted by atomic mass is 19.1. The van der Waals surface area contributed by atoms with Crippen molar-refractivity contribution in [2.75, 3.05) is 26.9 Å². The van der Waals surface area contributed by atoms with Gasteiger partial charge in [0.05, 0.1) is 6.61 Å². The van der Waals surface area contributed by atoms with Crippen LogP contribution in [0.25, 0.3) is 0 Å². The molecular weight excluding hydrogens is 247 g/mol. The van der Waals surface area contributed by atoms with Crippen LogP contribution in [0, 0.1) is 11.7 Å². The van der Waals surface area contributed by atoms with Gasteiger partial charge in [-0.05, 0) is 38.1 Å². The average Bonchev–Trinajstić information content (AvgIpc) is 2.79. The highest BCUT2D eigenvalue weighted by Crippen LogP contribution is 2.38. The van der Waals surface area contributed by atoms with Gasteiger partial charge in [-0.2, -0.15) is 0 Å². The summed E-state index contributed by atoms with van der Waals surface area (Å²) in [7, 11) is 2.02. The van der Waals surface area contributed by atoms with Crippen molar-refractivity contribution in [1.82, 2.24) is 4.90 Å². The molecule has 19 heavy (non-hydrogen) atoms. The van der Waals surface area contributed by atoms with E-state index >= 15 is 0 Å². The van der Waals surface area contributed by atoms with Gasteiger partial charge in [-0.3, -0.25) is 4.90 Å². The van der Waals surface area contributed by atoms with Crippen molar-refractivity contribution in [3.63, 3.8) is 0 Å². The zero-order chi connectivity index (χ0) is 13.4. The monoisotopic (exact) mass is 266 g/mol. The molecule has 0 saturated carbocycles. The summed E-state index contributed by atoms with van der Waals surface area (Å²) in [6.07, 6.45) is 0.902. The molecule has 1 saturated heterocycles. The first kappa shape index (κ1) is 12.8. The third-order valence-electron chi connectivity index (χ3n) is 4.06. The molecular formula is C14H19FN2O2. The Morgan fingerprint density at radius 3 is 3.05 bits per heavy atom. The lowest BCUT2D eigenvalue weighted by atomic mass is 9.97. The van der Waals surface area contributed by atoms with E-state index in [1.54, 1.807) is 0 Å². The Hall–Kier alpha value is -1.17. The molecule has 0 radical (unpaired) electrons. The van der Waals surface area contributed by atoms with Gasteiger partial charge in [0.2, 0.25) is 0 Å². The SMILES string of the molecule is CN1CC(CN)CC1c1cc2c(cc1F)COCO2. The molecule has 1 aromatic carbocycles. The van der Waals surface area contributed by atoms with Crippen molar-refractivity contribution in [2.24, 2.45) is 11.7 Å². The molecule has 1 fully saturated rings. The molecule has 4 nitrogen and oxygen atoms in total. The molecule has 2 atom stereocenters. The van der Waals surface area contributed by atoms with Gasteiger partial charge in [-0.1, -0.05) is 0 Å². The molecule has 0 amide bonds. The smallest absolute Gasteiger partial charge is 0.189 e. The Morgan fingerprint density at radius 1 is 1.47 bits per heavy atom. The van der Waals surface area contributed by atoms with Crippen LogP contribution < -0.4 is 10.5 Å². The number of likely N-dealkylation sites (tertiary alicyclic amines) is 1. The molecule has 3 rings (SSSR count). The summed E-state index contributed by atoms with van der Waals surface area (Å²) in [5, 5.41) is 0. The lowest BCUT2D eigenvalue weighted by Gasteiger charge is -2.24. The van der Waals surface area contributed by atoms with Crippen molar-refractivity contribution in [2.45, 2.75) is 19.1 Å². The number of hydrogen-bond acceptors (Lipinski definition) is 4. The first-order valence-electron chi connectivity index (χ1n) is 6.62. The minimum absolute atomic E-state index is 0.0882. The molecule has 2 heterocycles. The molecule has 0 aromatic heterocycles. The van der Waals surface area contributed by atoms with Crippen LogP contribution in [0.2, 0.25) is 0 Å². The predicted molar refractivity (Wildman–Crippen MR) is 69.2 cm³/mol. The van der Waals surface area contributed by atoms with E-state index < -0.39 is 0 Å². The largest absolute Gasteiger partial charge is 0.467 e. The number of benzene rings is 1. The van der Waals surface area contributed by atoms with Crippen LogP contribution in [-0.4, -0.2) is 31.8 Å². The Bertz CT molecular complexity index is 481. The zero-order valence-electron chi connectivity index (χ0n) is 11.1. The number of hydrogen-bond donors (Lipinski definition) is 1. The van der Waals surface area contributed by atoms with E-state index in [0.29, 0.717) is 24.6 Å².